The van der Waals surface area contributed by atoms with Gasteiger partial charge in [0.2, 0.25) is 0 Å². The van der Waals surface area contributed by atoms with Crippen LogP contribution >= 0.6 is 0 Å². The fourth-order valence-electron chi connectivity index (χ4n) is 7.00. The van der Waals surface area contributed by atoms with E-state index in [4.69, 9.17) is 4.74 Å². The molecule has 3 aliphatic carbocycles. The molecule has 0 aliphatic heterocycles. The molecule has 0 saturated heterocycles. The monoisotopic (exact) mass is 546 g/mol. The van der Waals surface area contributed by atoms with Crippen molar-refractivity contribution >= 4 is 12.0 Å². The molecule has 0 bridgehead atoms. The van der Waals surface area contributed by atoms with Crippen molar-refractivity contribution in [3.05, 3.63) is 64.2 Å². The second-order valence-corrected chi connectivity index (χ2v) is 11.6. The van der Waals surface area contributed by atoms with Crippen LogP contribution in [-0.2, 0) is 16.0 Å². The van der Waals surface area contributed by atoms with Crippen LogP contribution in [-0.4, -0.2) is 5.97 Å². The van der Waals surface area contributed by atoms with Crippen molar-refractivity contribution in [2.24, 2.45) is 23.7 Å². The molecule has 0 amide bonds. The van der Waals surface area contributed by atoms with E-state index in [-0.39, 0.29) is 35.9 Å². The first kappa shape index (κ1) is 27.9. The second kappa shape index (κ2) is 11.8. The third kappa shape index (κ3) is 5.92. The number of benzene rings is 2. The van der Waals surface area contributed by atoms with E-state index in [2.05, 4.69) is 6.92 Å². The summed E-state index contributed by atoms with van der Waals surface area (Å²) in [6.45, 7) is 2.25. The fourth-order valence-corrected chi connectivity index (χ4v) is 7.00. The molecule has 0 radical (unpaired) electrons. The van der Waals surface area contributed by atoms with Crippen LogP contribution in [0.2, 0.25) is 0 Å². The van der Waals surface area contributed by atoms with Gasteiger partial charge >= 0.3 is 5.97 Å². The lowest BCUT2D eigenvalue weighted by Crippen LogP contribution is -2.29. The van der Waals surface area contributed by atoms with Crippen LogP contribution in [0, 0.1) is 52.8 Å². The zero-order valence-electron chi connectivity index (χ0n) is 22.3. The molecular weight excluding hydrogens is 511 g/mol. The summed E-state index contributed by atoms with van der Waals surface area (Å²) in [5.74, 6) is -4.51. The highest BCUT2D eigenvalue weighted by molar-refractivity contribution is 5.76. The van der Waals surface area contributed by atoms with Gasteiger partial charge in [0.15, 0.2) is 17.5 Å². The largest absolute Gasteiger partial charge is 0.431 e. The highest BCUT2D eigenvalue weighted by Crippen LogP contribution is 2.43. The van der Waals surface area contributed by atoms with Crippen LogP contribution in [0.3, 0.4) is 0 Å². The van der Waals surface area contributed by atoms with Crippen molar-refractivity contribution < 1.29 is 31.5 Å². The quantitative estimate of drug-likeness (QED) is 0.205. The van der Waals surface area contributed by atoms with Crippen molar-refractivity contribution in [3.63, 3.8) is 0 Å². The van der Waals surface area contributed by atoms with Gasteiger partial charge in [0, 0.05) is 6.42 Å². The highest BCUT2D eigenvalue weighted by Gasteiger charge is 2.34. The van der Waals surface area contributed by atoms with Crippen molar-refractivity contribution in [2.75, 3.05) is 0 Å². The molecule has 3 aliphatic rings. The number of halogens is 5. The van der Waals surface area contributed by atoms with Gasteiger partial charge in [-0.15, -0.1) is 0 Å². The normalized spacial score (nSPS) is 25.1. The van der Waals surface area contributed by atoms with E-state index in [0.717, 1.165) is 43.6 Å². The Morgan fingerprint density at radius 2 is 1.41 bits per heavy atom. The third-order valence-electron chi connectivity index (χ3n) is 9.16. The second-order valence-electron chi connectivity index (χ2n) is 11.6. The molecule has 39 heavy (non-hydrogen) atoms. The van der Waals surface area contributed by atoms with Gasteiger partial charge in [-0.1, -0.05) is 32.6 Å². The minimum absolute atomic E-state index is 0.132. The number of hydrogen-bond donors (Lipinski definition) is 0. The maximum absolute atomic E-state index is 15.3. The minimum atomic E-state index is -1.70. The van der Waals surface area contributed by atoms with E-state index in [1.165, 1.54) is 44.6 Å². The Bertz CT molecular complexity index is 1230. The Balaban J connectivity index is 1.22. The molecule has 210 valence electrons. The average molecular weight is 547 g/mol. The number of fused-ring (bicyclic) bond motifs is 1. The van der Waals surface area contributed by atoms with E-state index in [0.29, 0.717) is 23.8 Å². The van der Waals surface area contributed by atoms with Gasteiger partial charge in [-0.2, -0.15) is 0 Å². The first-order chi connectivity index (χ1) is 18.7. The summed E-state index contributed by atoms with van der Waals surface area (Å²) in [6, 6.07) is 2.20. The number of esters is 1. The standard InChI is InChI=1S/C32H35F5O2/c1-2-3-18-4-6-19(7-5-18)20-8-10-21(11-9-20)32(38)39-24-12-13-25-22(14-24)15-26(33)29(30(25)36)23-16-27(34)31(37)28(35)17-23/h14-21H,2-13H2,1H3. The van der Waals surface area contributed by atoms with Crippen molar-refractivity contribution in [1.29, 1.82) is 0 Å². The van der Waals surface area contributed by atoms with E-state index in [1.807, 2.05) is 0 Å². The van der Waals surface area contributed by atoms with Gasteiger partial charge in [-0.3, -0.25) is 4.79 Å². The van der Waals surface area contributed by atoms with Crippen molar-refractivity contribution in [3.8, 4) is 11.1 Å². The molecule has 2 fully saturated rings. The number of rotatable bonds is 6. The van der Waals surface area contributed by atoms with Crippen LogP contribution in [0.1, 0.15) is 88.7 Å². The van der Waals surface area contributed by atoms with Crippen molar-refractivity contribution in [1.82, 2.24) is 0 Å². The Hall–Kier alpha value is -2.70. The predicted octanol–water partition coefficient (Wildman–Crippen LogP) is 9.29. The molecule has 7 heteroatoms. The Morgan fingerprint density at radius 1 is 0.795 bits per heavy atom. The number of carbonyl (C=O) groups is 1. The number of ether oxygens (including phenoxy) is 1. The van der Waals surface area contributed by atoms with E-state index in [1.54, 1.807) is 0 Å². The summed E-state index contributed by atoms with van der Waals surface area (Å²) < 4.78 is 76.6. The van der Waals surface area contributed by atoms with Crippen LogP contribution in [0.15, 0.2) is 24.0 Å². The predicted molar refractivity (Wildman–Crippen MR) is 140 cm³/mol. The van der Waals surface area contributed by atoms with Crippen LogP contribution in [0.5, 0.6) is 0 Å². The molecular formula is C32H35F5O2. The molecule has 2 aromatic carbocycles. The lowest BCUT2D eigenvalue weighted by molar-refractivity contribution is -0.146. The van der Waals surface area contributed by atoms with Gasteiger partial charge in [0.25, 0.3) is 0 Å². The summed E-state index contributed by atoms with van der Waals surface area (Å²) in [7, 11) is 0. The number of carbonyl (C=O) groups excluding carboxylic acids is 1. The van der Waals surface area contributed by atoms with Crippen LogP contribution in [0.25, 0.3) is 17.2 Å². The molecule has 0 N–H and O–H groups in total. The summed E-state index contributed by atoms with van der Waals surface area (Å²) in [4.78, 5) is 12.9. The first-order valence-corrected chi connectivity index (χ1v) is 14.3. The zero-order valence-corrected chi connectivity index (χ0v) is 22.3. The topological polar surface area (TPSA) is 26.3 Å². The molecule has 0 spiro atoms. The highest BCUT2D eigenvalue weighted by atomic mass is 19.2. The molecule has 0 aromatic heterocycles. The maximum atomic E-state index is 15.3. The van der Waals surface area contributed by atoms with E-state index in [9.17, 15) is 22.4 Å². The summed E-state index contributed by atoms with van der Waals surface area (Å²) in [5, 5.41) is 0. The third-order valence-corrected chi connectivity index (χ3v) is 9.16. The Kier molecular flexibility index (Phi) is 8.43. The van der Waals surface area contributed by atoms with Crippen LogP contribution in [0.4, 0.5) is 22.0 Å². The summed E-state index contributed by atoms with van der Waals surface area (Å²) in [6.07, 6.45) is 13.4. The molecule has 2 nitrogen and oxygen atoms in total. The molecule has 0 heterocycles. The van der Waals surface area contributed by atoms with Gasteiger partial charge in [0.05, 0.1) is 11.5 Å². The van der Waals surface area contributed by atoms with Gasteiger partial charge in [0.1, 0.15) is 17.4 Å². The molecule has 5 rings (SSSR count). The van der Waals surface area contributed by atoms with Gasteiger partial charge < -0.3 is 4.74 Å². The molecule has 0 atom stereocenters. The average Bonchev–Trinajstić information content (AvgIpc) is 2.92. The van der Waals surface area contributed by atoms with Gasteiger partial charge in [-0.05, 0) is 104 Å². The number of allylic oxidation sites excluding steroid dienone is 1. The van der Waals surface area contributed by atoms with Crippen LogP contribution < -0.4 is 0 Å². The summed E-state index contributed by atoms with van der Waals surface area (Å²) >= 11 is 0. The lowest BCUT2D eigenvalue weighted by atomic mass is 9.69. The zero-order chi connectivity index (χ0) is 27.7. The molecule has 2 aromatic rings. The van der Waals surface area contributed by atoms with E-state index >= 15 is 4.39 Å². The van der Waals surface area contributed by atoms with E-state index < -0.39 is 40.2 Å². The summed E-state index contributed by atoms with van der Waals surface area (Å²) in [5.41, 5.74) is -0.662. The molecule has 0 unspecified atom stereocenters. The fraction of sp³-hybridized carbons (Fsp3) is 0.531. The smallest absolute Gasteiger partial charge is 0.314 e. The lowest BCUT2D eigenvalue weighted by Gasteiger charge is -2.37. The Morgan fingerprint density at radius 3 is 2.03 bits per heavy atom. The minimum Gasteiger partial charge on any atom is -0.431 e. The maximum Gasteiger partial charge on any atom is 0.314 e. The first-order valence-electron chi connectivity index (χ1n) is 14.3. The number of hydrogen-bond acceptors (Lipinski definition) is 2. The van der Waals surface area contributed by atoms with Crippen molar-refractivity contribution in [2.45, 2.75) is 84.0 Å². The van der Waals surface area contributed by atoms with Gasteiger partial charge in [-0.25, -0.2) is 22.0 Å². The SMILES string of the molecule is CCCC1CCC(C2CCC(C(=O)OC3=Cc4cc(F)c(-c5cc(F)c(F)c(F)c5)c(F)c4CC3)CC2)CC1. The Labute approximate surface area is 226 Å². The molecule has 2 saturated carbocycles.